The van der Waals surface area contributed by atoms with Crippen molar-refractivity contribution in [1.82, 2.24) is 0 Å². The molecule has 1 aliphatic rings. The third-order valence-electron chi connectivity index (χ3n) is 2.90. The van der Waals surface area contributed by atoms with E-state index in [0.29, 0.717) is 0 Å². The molecule has 0 nitrogen and oxygen atoms in total. The summed E-state index contributed by atoms with van der Waals surface area (Å²) in [6.45, 7) is 0. The molecule has 1 aliphatic carbocycles. The third-order valence-corrected chi connectivity index (χ3v) is 6.54. The van der Waals surface area contributed by atoms with E-state index in [9.17, 15) is 0 Å². The molecular formula is C15H12F3Zr. The number of benzene rings is 2. The van der Waals surface area contributed by atoms with Crippen molar-refractivity contribution in [2.24, 2.45) is 0 Å². The Hall–Kier alpha value is -1.15. The van der Waals surface area contributed by atoms with E-state index in [4.69, 9.17) is 0 Å². The van der Waals surface area contributed by atoms with Crippen LogP contribution in [0, 0.1) is 0 Å². The summed E-state index contributed by atoms with van der Waals surface area (Å²) in [6, 6.07) is 19.7. The molecule has 1 unspecified atom stereocenters. The Morgan fingerprint density at radius 3 is 2.11 bits per heavy atom. The Balaban J connectivity index is 0.00000108. The molecule has 0 amide bonds. The van der Waals surface area contributed by atoms with Gasteiger partial charge in [0, 0.05) is 0 Å². The summed E-state index contributed by atoms with van der Waals surface area (Å²) >= 11 is -0.530. The number of fused-ring (bicyclic) bond motifs is 1. The van der Waals surface area contributed by atoms with Gasteiger partial charge in [-0.15, -0.1) is 0 Å². The summed E-state index contributed by atoms with van der Waals surface area (Å²) in [6.07, 6.45) is 4.67. The van der Waals surface area contributed by atoms with E-state index in [1.54, 1.807) is 3.27 Å². The quantitative estimate of drug-likeness (QED) is 0.511. The molecule has 4 heteroatoms. The first-order valence-electron chi connectivity index (χ1n) is 5.52. The zero-order chi connectivity index (χ0) is 10.8. The van der Waals surface area contributed by atoms with Gasteiger partial charge in [0.1, 0.15) is 0 Å². The maximum absolute atomic E-state index is 2.39. The summed E-state index contributed by atoms with van der Waals surface area (Å²) < 4.78 is 2.31. The maximum Gasteiger partial charge on any atom is -1.00 e. The molecule has 19 heavy (non-hydrogen) atoms. The van der Waals surface area contributed by atoms with Gasteiger partial charge >= 0.3 is 108 Å². The Morgan fingerprint density at radius 1 is 0.737 bits per heavy atom. The first-order valence-corrected chi connectivity index (χ1v) is 8.17. The van der Waals surface area contributed by atoms with E-state index >= 15 is 0 Å². The van der Waals surface area contributed by atoms with Crippen molar-refractivity contribution in [2.45, 2.75) is 3.63 Å². The minimum atomic E-state index is -0.530. The molecular weight excluding hydrogens is 328 g/mol. The molecule has 0 saturated heterocycles. The molecule has 0 saturated carbocycles. The Bertz CT molecular complexity index is 526. The van der Waals surface area contributed by atoms with Crippen LogP contribution < -0.4 is 17.4 Å². The normalized spacial score (nSPS) is 14.2. The minimum Gasteiger partial charge on any atom is -1.00 e. The predicted octanol–water partition coefficient (Wildman–Crippen LogP) is -5.83. The van der Waals surface area contributed by atoms with Crippen LogP contribution in [0.4, 0.5) is 0 Å². The first kappa shape index (κ1) is 17.9. The molecule has 0 radical (unpaired) electrons. The van der Waals surface area contributed by atoms with Crippen molar-refractivity contribution < 1.29 is 37.3 Å². The largest absolute Gasteiger partial charge is 1.00 e. The van der Waals surface area contributed by atoms with E-state index < -0.39 is 23.2 Å². The van der Waals surface area contributed by atoms with Crippen LogP contribution in [0.1, 0.15) is 14.8 Å². The molecule has 2 aromatic rings. The van der Waals surface area contributed by atoms with Gasteiger partial charge in [0.15, 0.2) is 0 Å². The summed E-state index contributed by atoms with van der Waals surface area (Å²) in [5, 5.41) is 0. The second-order valence-electron chi connectivity index (χ2n) is 3.98. The van der Waals surface area contributed by atoms with Crippen LogP contribution in [0.3, 0.4) is 0 Å². The molecule has 2 aromatic carbocycles. The number of rotatable bonds is 2. The predicted molar refractivity (Wildman–Crippen MR) is 64.3 cm³/mol. The molecule has 0 fully saturated rings. The van der Waals surface area contributed by atoms with E-state index in [1.165, 1.54) is 11.1 Å². The van der Waals surface area contributed by atoms with Crippen LogP contribution in [0.25, 0.3) is 6.08 Å². The van der Waals surface area contributed by atoms with Crippen molar-refractivity contribution in [3.8, 4) is 0 Å². The molecule has 0 aromatic heterocycles. The Kier molecular flexibility index (Phi) is 7.62. The molecule has 0 heterocycles. The molecule has 0 N–H and O–H groups in total. The van der Waals surface area contributed by atoms with Gasteiger partial charge in [0.05, 0.1) is 0 Å². The van der Waals surface area contributed by atoms with Crippen LogP contribution >= 0.6 is 0 Å². The van der Waals surface area contributed by atoms with Crippen LogP contribution in [0.2, 0.25) is 0 Å². The standard InChI is InChI=1S/C9H7.C6H5.3FH.Zr/c1-2-5-9-7-3-6-8(9)4-1;1-2-4-6-5-3-1;;;;/h1-7H;1-5H;3*1H;/q;;;;;+3/p-3. The van der Waals surface area contributed by atoms with Gasteiger partial charge in [0.25, 0.3) is 0 Å². The average molecular weight is 340 g/mol. The number of hydrogen-bond donors (Lipinski definition) is 0. The summed E-state index contributed by atoms with van der Waals surface area (Å²) in [7, 11) is 0. The number of hydrogen-bond acceptors (Lipinski definition) is 0. The van der Waals surface area contributed by atoms with Crippen molar-refractivity contribution >= 4 is 9.35 Å². The number of halogens is 3. The minimum absolute atomic E-state index is 0. The molecule has 0 aliphatic heterocycles. The van der Waals surface area contributed by atoms with E-state index in [0.717, 1.165) is 3.63 Å². The second-order valence-corrected chi connectivity index (χ2v) is 7.63. The Morgan fingerprint density at radius 2 is 1.37 bits per heavy atom. The SMILES string of the molecule is C1=C[CH]([Zr+3][c]2ccccc2)c2ccccc21.[F-].[F-].[F-]. The van der Waals surface area contributed by atoms with Crippen LogP contribution in [-0.2, 0) is 23.2 Å². The average Bonchev–Trinajstić information content (AvgIpc) is 2.74. The smallest absolute Gasteiger partial charge is 1.00 e. The van der Waals surface area contributed by atoms with E-state index in [2.05, 4.69) is 66.7 Å². The second kappa shape index (κ2) is 8.11. The van der Waals surface area contributed by atoms with Crippen LogP contribution in [-0.4, -0.2) is 0 Å². The van der Waals surface area contributed by atoms with E-state index in [-0.39, 0.29) is 14.1 Å². The summed E-state index contributed by atoms with van der Waals surface area (Å²) in [5.41, 5.74) is 2.96. The summed E-state index contributed by atoms with van der Waals surface area (Å²) in [4.78, 5) is 0. The van der Waals surface area contributed by atoms with Crippen molar-refractivity contribution in [3.63, 3.8) is 0 Å². The molecule has 0 spiro atoms. The first-order chi connectivity index (χ1) is 7.93. The molecule has 97 valence electrons. The third kappa shape index (κ3) is 3.91. The van der Waals surface area contributed by atoms with Gasteiger partial charge in [-0.1, -0.05) is 0 Å². The van der Waals surface area contributed by atoms with Crippen molar-refractivity contribution in [3.05, 3.63) is 71.8 Å². The zero-order valence-electron chi connectivity index (χ0n) is 10.1. The van der Waals surface area contributed by atoms with Gasteiger partial charge in [-0.2, -0.15) is 0 Å². The van der Waals surface area contributed by atoms with Crippen LogP contribution in [0.5, 0.6) is 0 Å². The topological polar surface area (TPSA) is 0 Å². The fraction of sp³-hybridized carbons (Fsp3) is 0.0667. The zero-order valence-corrected chi connectivity index (χ0v) is 12.5. The van der Waals surface area contributed by atoms with Crippen molar-refractivity contribution in [2.75, 3.05) is 0 Å². The molecule has 0 bridgehead atoms. The fourth-order valence-corrected chi connectivity index (χ4v) is 5.42. The molecule has 1 atom stereocenters. The monoisotopic (exact) mass is 339 g/mol. The Labute approximate surface area is 122 Å². The molecule has 3 rings (SSSR count). The number of allylic oxidation sites excluding steroid dienone is 1. The van der Waals surface area contributed by atoms with Gasteiger partial charge in [-0.05, 0) is 0 Å². The fourth-order valence-electron chi connectivity index (χ4n) is 2.09. The van der Waals surface area contributed by atoms with Gasteiger partial charge in [0.2, 0.25) is 0 Å². The van der Waals surface area contributed by atoms with Crippen LogP contribution in [0.15, 0.2) is 60.7 Å². The van der Waals surface area contributed by atoms with Crippen molar-refractivity contribution in [1.29, 1.82) is 0 Å². The van der Waals surface area contributed by atoms with Gasteiger partial charge in [-0.25, -0.2) is 0 Å². The maximum atomic E-state index is 2.39. The summed E-state index contributed by atoms with van der Waals surface area (Å²) in [5.74, 6) is 0. The van der Waals surface area contributed by atoms with Gasteiger partial charge in [-0.3, -0.25) is 0 Å². The van der Waals surface area contributed by atoms with E-state index in [1.807, 2.05) is 0 Å². The van der Waals surface area contributed by atoms with Gasteiger partial charge < -0.3 is 14.1 Å².